The molecule has 0 unspecified atom stereocenters. The van der Waals surface area contributed by atoms with Crippen LogP contribution in [0, 0.1) is 6.92 Å². The van der Waals surface area contributed by atoms with Crippen molar-refractivity contribution in [3.05, 3.63) is 65.7 Å². The Labute approximate surface area is 141 Å². The molecular weight excluding hydrogens is 302 g/mol. The van der Waals surface area contributed by atoms with Crippen molar-refractivity contribution in [2.45, 2.75) is 6.92 Å². The molecule has 1 aliphatic rings. The maximum absolute atomic E-state index is 13.0. The van der Waals surface area contributed by atoms with Crippen molar-refractivity contribution in [2.75, 3.05) is 31.1 Å². The van der Waals surface area contributed by atoms with Gasteiger partial charge in [-0.25, -0.2) is 9.69 Å². The van der Waals surface area contributed by atoms with Gasteiger partial charge in [-0.2, -0.15) is 0 Å². The van der Waals surface area contributed by atoms with Gasteiger partial charge in [0.05, 0.1) is 5.69 Å². The molecule has 0 saturated carbocycles. The van der Waals surface area contributed by atoms with E-state index in [4.69, 9.17) is 0 Å². The van der Waals surface area contributed by atoms with E-state index in [1.54, 1.807) is 29.2 Å². The molecule has 5 heteroatoms. The summed E-state index contributed by atoms with van der Waals surface area (Å²) in [7, 11) is 0. The van der Waals surface area contributed by atoms with Crippen LogP contribution in [0.1, 0.15) is 15.9 Å². The van der Waals surface area contributed by atoms with Crippen LogP contribution in [0.2, 0.25) is 0 Å². The van der Waals surface area contributed by atoms with Crippen LogP contribution in [-0.4, -0.2) is 43.0 Å². The highest BCUT2D eigenvalue weighted by molar-refractivity contribution is 6.20. The molecule has 0 bridgehead atoms. The summed E-state index contributed by atoms with van der Waals surface area (Å²) in [6.45, 7) is 4.65. The summed E-state index contributed by atoms with van der Waals surface area (Å²) in [5, 5.41) is 3.22. The minimum atomic E-state index is -0.301. The Balaban J connectivity index is 1.94. The van der Waals surface area contributed by atoms with Crippen LogP contribution in [0.3, 0.4) is 0 Å². The third-order valence-corrected chi connectivity index (χ3v) is 4.09. The largest absolute Gasteiger partial charge is 0.331 e. The fourth-order valence-corrected chi connectivity index (χ4v) is 2.71. The van der Waals surface area contributed by atoms with E-state index < -0.39 is 0 Å². The highest BCUT2D eigenvalue weighted by Gasteiger charge is 2.29. The van der Waals surface area contributed by atoms with E-state index in [9.17, 15) is 9.59 Å². The Bertz CT molecular complexity index is 707. The number of nitrogens with zero attached hydrogens (tertiary/aromatic N) is 2. The van der Waals surface area contributed by atoms with Gasteiger partial charge in [0, 0.05) is 31.7 Å². The highest BCUT2D eigenvalue weighted by atomic mass is 16.2. The molecule has 1 saturated heterocycles. The van der Waals surface area contributed by atoms with Crippen molar-refractivity contribution in [1.29, 1.82) is 0 Å². The van der Waals surface area contributed by atoms with Crippen molar-refractivity contribution >= 4 is 17.6 Å². The molecule has 24 heavy (non-hydrogen) atoms. The van der Waals surface area contributed by atoms with Crippen molar-refractivity contribution in [2.24, 2.45) is 0 Å². The first-order valence-corrected chi connectivity index (χ1v) is 8.12. The number of hydrogen-bond donors (Lipinski definition) is 1. The van der Waals surface area contributed by atoms with Crippen LogP contribution in [0.5, 0.6) is 0 Å². The van der Waals surface area contributed by atoms with Crippen LogP contribution in [0.4, 0.5) is 10.5 Å². The van der Waals surface area contributed by atoms with Gasteiger partial charge in [0.1, 0.15) is 0 Å². The number of aryl methyl sites for hydroxylation is 1. The second-order valence-corrected chi connectivity index (χ2v) is 5.86. The first-order chi connectivity index (χ1) is 11.7. The van der Waals surface area contributed by atoms with Crippen LogP contribution in [0.25, 0.3) is 0 Å². The Morgan fingerprint density at radius 1 is 0.958 bits per heavy atom. The number of hydrogen-bond acceptors (Lipinski definition) is 3. The van der Waals surface area contributed by atoms with Gasteiger partial charge in [-0.05, 0) is 31.2 Å². The fraction of sp³-hybridized carbons (Fsp3) is 0.263. The molecule has 1 aliphatic heterocycles. The van der Waals surface area contributed by atoms with Gasteiger partial charge in [-0.15, -0.1) is 0 Å². The van der Waals surface area contributed by atoms with Crippen molar-refractivity contribution in [3.8, 4) is 0 Å². The summed E-state index contributed by atoms with van der Waals surface area (Å²) in [6.07, 6.45) is 0. The van der Waals surface area contributed by atoms with E-state index in [1.165, 1.54) is 4.90 Å². The topological polar surface area (TPSA) is 52.7 Å². The normalized spacial score (nSPS) is 14.3. The third kappa shape index (κ3) is 3.46. The number of carbonyl (C=O) groups is 2. The first-order valence-electron chi connectivity index (χ1n) is 8.12. The molecule has 1 fully saturated rings. The predicted molar refractivity (Wildman–Crippen MR) is 94.3 cm³/mol. The SMILES string of the molecule is Cc1ccc(C(=O)N(C(=O)N2CCNCC2)c2ccccc2)cc1. The third-order valence-electron chi connectivity index (χ3n) is 4.09. The van der Waals surface area contributed by atoms with Crippen LogP contribution in [0.15, 0.2) is 54.6 Å². The molecule has 1 heterocycles. The average Bonchev–Trinajstić information content (AvgIpc) is 2.64. The standard InChI is InChI=1S/C19H21N3O2/c1-15-7-9-16(10-8-15)18(23)22(17-5-3-2-4-6-17)19(24)21-13-11-20-12-14-21/h2-10,20H,11-14H2,1H3. The van der Waals surface area contributed by atoms with E-state index >= 15 is 0 Å². The molecule has 5 nitrogen and oxygen atoms in total. The van der Waals surface area contributed by atoms with Gasteiger partial charge in [0.25, 0.3) is 5.91 Å². The summed E-state index contributed by atoms with van der Waals surface area (Å²) >= 11 is 0. The summed E-state index contributed by atoms with van der Waals surface area (Å²) in [6, 6.07) is 16.1. The molecule has 0 aliphatic carbocycles. The lowest BCUT2D eigenvalue weighted by Gasteiger charge is -2.32. The average molecular weight is 323 g/mol. The number of piperazine rings is 1. The van der Waals surface area contributed by atoms with Gasteiger partial charge in [-0.3, -0.25) is 4.79 Å². The van der Waals surface area contributed by atoms with Gasteiger partial charge >= 0.3 is 6.03 Å². The maximum Gasteiger partial charge on any atom is 0.331 e. The Morgan fingerprint density at radius 2 is 1.58 bits per heavy atom. The predicted octanol–water partition coefficient (Wildman–Crippen LogP) is 2.67. The van der Waals surface area contributed by atoms with Crippen LogP contribution >= 0.6 is 0 Å². The van der Waals surface area contributed by atoms with Crippen molar-refractivity contribution in [3.63, 3.8) is 0 Å². The lowest BCUT2D eigenvalue weighted by atomic mass is 10.1. The molecule has 3 rings (SSSR count). The molecule has 3 amide bonds. The highest BCUT2D eigenvalue weighted by Crippen LogP contribution is 2.19. The van der Waals surface area contributed by atoms with E-state index in [0.717, 1.165) is 18.7 Å². The van der Waals surface area contributed by atoms with E-state index in [-0.39, 0.29) is 11.9 Å². The molecule has 0 radical (unpaired) electrons. The van der Waals surface area contributed by atoms with Gasteiger partial charge in [0.15, 0.2) is 0 Å². The number of benzene rings is 2. The van der Waals surface area contributed by atoms with Crippen molar-refractivity contribution < 1.29 is 9.59 Å². The number of nitrogens with one attached hydrogen (secondary N) is 1. The number of para-hydroxylation sites is 1. The van der Waals surface area contributed by atoms with Gasteiger partial charge < -0.3 is 10.2 Å². The molecule has 124 valence electrons. The molecular formula is C19H21N3O2. The smallest absolute Gasteiger partial charge is 0.321 e. The lowest BCUT2D eigenvalue weighted by Crippen LogP contribution is -2.53. The van der Waals surface area contributed by atoms with Gasteiger partial charge in [-0.1, -0.05) is 35.9 Å². The summed E-state index contributed by atoms with van der Waals surface area (Å²) in [4.78, 5) is 29.0. The number of amides is 3. The van der Waals surface area contributed by atoms with E-state index in [2.05, 4.69) is 5.32 Å². The van der Waals surface area contributed by atoms with E-state index in [0.29, 0.717) is 24.3 Å². The minimum Gasteiger partial charge on any atom is -0.321 e. The minimum absolute atomic E-state index is 0.270. The second-order valence-electron chi connectivity index (χ2n) is 5.86. The number of rotatable bonds is 2. The summed E-state index contributed by atoms with van der Waals surface area (Å²) in [5.41, 5.74) is 2.17. The summed E-state index contributed by atoms with van der Waals surface area (Å²) in [5.74, 6) is -0.301. The second kappa shape index (κ2) is 7.27. The van der Waals surface area contributed by atoms with Crippen LogP contribution < -0.4 is 10.2 Å². The summed E-state index contributed by atoms with van der Waals surface area (Å²) < 4.78 is 0. The van der Waals surface area contributed by atoms with Crippen molar-refractivity contribution in [1.82, 2.24) is 10.2 Å². The van der Waals surface area contributed by atoms with Crippen LogP contribution in [-0.2, 0) is 0 Å². The molecule has 0 aromatic heterocycles. The number of imide groups is 1. The number of carbonyl (C=O) groups excluding carboxylic acids is 2. The lowest BCUT2D eigenvalue weighted by molar-refractivity contribution is 0.0984. The molecule has 2 aromatic carbocycles. The fourth-order valence-electron chi connectivity index (χ4n) is 2.71. The number of anilines is 1. The molecule has 1 N–H and O–H groups in total. The quantitative estimate of drug-likeness (QED) is 0.924. The zero-order valence-corrected chi connectivity index (χ0v) is 13.7. The Morgan fingerprint density at radius 3 is 2.21 bits per heavy atom. The van der Waals surface area contributed by atoms with Gasteiger partial charge in [0.2, 0.25) is 0 Å². The zero-order valence-electron chi connectivity index (χ0n) is 13.7. The molecule has 2 aromatic rings. The monoisotopic (exact) mass is 323 g/mol. The molecule has 0 atom stereocenters. The number of urea groups is 1. The first kappa shape index (κ1) is 16.2. The Hall–Kier alpha value is -2.66. The zero-order chi connectivity index (χ0) is 16.9. The Kier molecular flexibility index (Phi) is 4.91. The van der Waals surface area contributed by atoms with E-state index in [1.807, 2.05) is 37.3 Å². The molecule has 0 spiro atoms. The maximum atomic E-state index is 13.0.